The van der Waals surface area contributed by atoms with Crippen molar-refractivity contribution in [3.8, 4) is 0 Å². The number of ether oxygens (including phenoxy) is 1. The summed E-state index contributed by atoms with van der Waals surface area (Å²) in [5.74, 6) is 0.825. The van der Waals surface area contributed by atoms with Crippen molar-refractivity contribution in [2.24, 2.45) is 14.1 Å². The molecule has 1 aliphatic heterocycles. The van der Waals surface area contributed by atoms with Gasteiger partial charge in [-0.25, -0.2) is 9.37 Å². The third kappa shape index (κ3) is 3.32. The molecule has 0 N–H and O–H groups in total. The van der Waals surface area contributed by atoms with E-state index in [0.29, 0.717) is 19.7 Å². The number of para-hydroxylation sites is 3. The average Bonchev–Trinajstić information content (AvgIpc) is 3.35. The second-order valence-electron chi connectivity index (χ2n) is 7.92. The standard InChI is InChI=1S/C23H25FN4O/c1-26-11-16(17-7-3-5-9-20(17)26)12-28-13-18(24)22(14-28)29-15-23-25-19-8-4-6-10-21(19)27(23)2/h3-11,18,22H,12-15H2,1-2H3/t18-,22+/m1/s1. The lowest BCUT2D eigenvalue weighted by Crippen LogP contribution is -2.25. The number of likely N-dealkylation sites (tertiary alicyclic amines) is 1. The van der Waals surface area contributed by atoms with Gasteiger partial charge in [0.25, 0.3) is 0 Å². The highest BCUT2D eigenvalue weighted by molar-refractivity contribution is 5.83. The third-order valence-corrected chi connectivity index (χ3v) is 5.95. The van der Waals surface area contributed by atoms with Gasteiger partial charge in [0, 0.05) is 50.8 Å². The quantitative estimate of drug-likeness (QED) is 0.518. The maximum atomic E-state index is 14.7. The van der Waals surface area contributed by atoms with Gasteiger partial charge in [0.05, 0.1) is 11.0 Å². The Morgan fingerprint density at radius 3 is 2.62 bits per heavy atom. The maximum absolute atomic E-state index is 14.7. The Bertz CT molecular complexity index is 1160. The highest BCUT2D eigenvalue weighted by atomic mass is 19.1. The largest absolute Gasteiger partial charge is 0.366 e. The highest BCUT2D eigenvalue weighted by Crippen LogP contribution is 2.25. The first-order chi connectivity index (χ1) is 14.1. The van der Waals surface area contributed by atoms with Gasteiger partial charge in [-0.3, -0.25) is 4.90 Å². The summed E-state index contributed by atoms with van der Waals surface area (Å²) < 4.78 is 24.8. The molecule has 0 radical (unpaired) electrons. The fourth-order valence-corrected chi connectivity index (χ4v) is 4.39. The number of fused-ring (bicyclic) bond motifs is 2. The molecule has 0 unspecified atom stereocenters. The Kier molecular flexibility index (Phi) is 4.60. The van der Waals surface area contributed by atoms with Gasteiger partial charge in [0.15, 0.2) is 0 Å². The van der Waals surface area contributed by atoms with Gasteiger partial charge in [-0.05, 0) is 23.8 Å². The monoisotopic (exact) mass is 392 g/mol. The molecule has 0 aliphatic carbocycles. The van der Waals surface area contributed by atoms with Crippen molar-refractivity contribution in [2.45, 2.75) is 25.4 Å². The summed E-state index contributed by atoms with van der Waals surface area (Å²) in [7, 11) is 4.03. The van der Waals surface area contributed by atoms with Crippen LogP contribution in [0.3, 0.4) is 0 Å². The minimum atomic E-state index is -0.986. The van der Waals surface area contributed by atoms with Crippen LogP contribution < -0.4 is 0 Å². The van der Waals surface area contributed by atoms with E-state index in [0.717, 1.165) is 23.4 Å². The van der Waals surface area contributed by atoms with Gasteiger partial charge >= 0.3 is 0 Å². The van der Waals surface area contributed by atoms with Gasteiger partial charge < -0.3 is 13.9 Å². The van der Waals surface area contributed by atoms with Crippen molar-refractivity contribution in [1.82, 2.24) is 19.0 Å². The number of imidazole rings is 1. The molecule has 6 heteroatoms. The second-order valence-corrected chi connectivity index (χ2v) is 7.92. The molecule has 2 aromatic heterocycles. The summed E-state index contributed by atoms with van der Waals surface area (Å²) in [5.41, 5.74) is 4.43. The number of rotatable bonds is 5. The Morgan fingerprint density at radius 1 is 1.03 bits per heavy atom. The zero-order chi connectivity index (χ0) is 20.0. The van der Waals surface area contributed by atoms with Crippen LogP contribution in [-0.2, 0) is 32.0 Å². The molecule has 0 amide bonds. The highest BCUT2D eigenvalue weighted by Gasteiger charge is 2.34. The van der Waals surface area contributed by atoms with Gasteiger partial charge in [-0.15, -0.1) is 0 Å². The summed E-state index contributed by atoms with van der Waals surface area (Å²) in [6.45, 7) is 2.04. The molecule has 3 heterocycles. The summed E-state index contributed by atoms with van der Waals surface area (Å²) in [6, 6.07) is 16.3. The molecule has 4 aromatic rings. The van der Waals surface area contributed by atoms with E-state index < -0.39 is 12.3 Å². The first-order valence-corrected chi connectivity index (χ1v) is 10.0. The van der Waals surface area contributed by atoms with Crippen molar-refractivity contribution >= 4 is 21.9 Å². The van der Waals surface area contributed by atoms with E-state index in [1.807, 2.05) is 41.9 Å². The van der Waals surface area contributed by atoms with Crippen LogP contribution in [0.4, 0.5) is 4.39 Å². The van der Waals surface area contributed by atoms with Crippen LogP contribution in [0.15, 0.2) is 54.7 Å². The first-order valence-electron chi connectivity index (χ1n) is 10.0. The summed E-state index contributed by atoms with van der Waals surface area (Å²) >= 11 is 0. The van der Waals surface area contributed by atoms with Crippen LogP contribution in [0.2, 0.25) is 0 Å². The number of aromatic nitrogens is 3. The van der Waals surface area contributed by atoms with Crippen molar-refractivity contribution < 1.29 is 9.13 Å². The molecule has 1 saturated heterocycles. The average molecular weight is 392 g/mol. The van der Waals surface area contributed by atoms with E-state index in [9.17, 15) is 4.39 Å². The van der Waals surface area contributed by atoms with E-state index in [2.05, 4.69) is 45.9 Å². The molecule has 0 bridgehead atoms. The second kappa shape index (κ2) is 7.28. The minimum Gasteiger partial charge on any atom is -0.366 e. The molecular weight excluding hydrogens is 367 g/mol. The number of aryl methyl sites for hydroxylation is 2. The van der Waals surface area contributed by atoms with Crippen LogP contribution >= 0.6 is 0 Å². The molecule has 5 nitrogen and oxygen atoms in total. The Balaban J connectivity index is 1.26. The number of hydrogen-bond acceptors (Lipinski definition) is 3. The molecule has 5 rings (SSSR count). The molecule has 0 spiro atoms. The smallest absolute Gasteiger partial charge is 0.140 e. The number of hydrogen-bond donors (Lipinski definition) is 0. The Morgan fingerprint density at radius 2 is 1.79 bits per heavy atom. The van der Waals surface area contributed by atoms with Crippen molar-refractivity contribution in [2.75, 3.05) is 13.1 Å². The Labute approximate surface area is 169 Å². The van der Waals surface area contributed by atoms with E-state index in [-0.39, 0.29) is 0 Å². The molecule has 2 aromatic carbocycles. The van der Waals surface area contributed by atoms with Crippen molar-refractivity contribution in [3.05, 3.63) is 66.1 Å². The van der Waals surface area contributed by atoms with E-state index in [1.165, 1.54) is 16.5 Å². The number of nitrogens with zero attached hydrogens (tertiary/aromatic N) is 4. The van der Waals surface area contributed by atoms with E-state index in [4.69, 9.17) is 4.74 Å². The lowest BCUT2D eigenvalue weighted by atomic mass is 10.1. The number of benzene rings is 2. The molecule has 150 valence electrons. The predicted molar refractivity (Wildman–Crippen MR) is 112 cm³/mol. The van der Waals surface area contributed by atoms with Gasteiger partial charge in [0.1, 0.15) is 24.7 Å². The number of alkyl halides is 1. The topological polar surface area (TPSA) is 35.2 Å². The first kappa shape index (κ1) is 18.3. The predicted octanol–water partition coefficient (Wildman–Crippen LogP) is 3.80. The normalized spacial score (nSPS) is 20.2. The lowest BCUT2D eigenvalue weighted by Gasteiger charge is -2.15. The SMILES string of the molecule is Cn1cc(CN2C[C@@H](F)[C@@H](OCc3nc4ccccc4n3C)C2)c2ccccc21. The van der Waals surface area contributed by atoms with Crippen LogP contribution in [0.5, 0.6) is 0 Å². The van der Waals surface area contributed by atoms with Crippen LogP contribution in [-0.4, -0.2) is 44.4 Å². The zero-order valence-electron chi connectivity index (χ0n) is 16.8. The van der Waals surface area contributed by atoms with Crippen LogP contribution in [0, 0.1) is 0 Å². The molecular formula is C23H25FN4O. The zero-order valence-corrected chi connectivity index (χ0v) is 16.8. The van der Waals surface area contributed by atoms with Crippen LogP contribution in [0.1, 0.15) is 11.4 Å². The molecule has 29 heavy (non-hydrogen) atoms. The van der Waals surface area contributed by atoms with Crippen LogP contribution in [0.25, 0.3) is 21.9 Å². The Hall–Kier alpha value is -2.70. The summed E-state index contributed by atoms with van der Waals surface area (Å²) in [4.78, 5) is 6.77. The molecule has 1 aliphatic rings. The summed E-state index contributed by atoms with van der Waals surface area (Å²) in [6.07, 6.45) is 0.732. The van der Waals surface area contributed by atoms with Gasteiger partial charge in [-0.1, -0.05) is 30.3 Å². The van der Waals surface area contributed by atoms with E-state index in [1.54, 1.807) is 0 Å². The molecule has 2 atom stereocenters. The molecule has 0 saturated carbocycles. The van der Waals surface area contributed by atoms with E-state index >= 15 is 0 Å². The lowest BCUT2D eigenvalue weighted by molar-refractivity contribution is 0.00750. The third-order valence-electron chi connectivity index (χ3n) is 5.95. The van der Waals surface area contributed by atoms with Crippen molar-refractivity contribution in [3.63, 3.8) is 0 Å². The maximum Gasteiger partial charge on any atom is 0.140 e. The fraction of sp³-hybridized carbons (Fsp3) is 0.348. The van der Waals surface area contributed by atoms with Crippen molar-refractivity contribution in [1.29, 1.82) is 0 Å². The van der Waals surface area contributed by atoms with Gasteiger partial charge in [-0.2, -0.15) is 0 Å². The van der Waals surface area contributed by atoms with Gasteiger partial charge in [0.2, 0.25) is 0 Å². The number of halogens is 1. The fourth-order valence-electron chi connectivity index (χ4n) is 4.39. The summed E-state index contributed by atoms with van der Waals surface area (Å²) in [5, 5.41) is 1.23. The molecule has 1 fully saturated rings. The minimum absolute atomic E-state index is 0.318.